The normalized spacial score (nSPS) is 16.8. The van der Waals surface area contributed by atoms with Gasteiger partial charge in [-0.3, -0.25) is 9.69 Å². The Morgan fingerprint density at radius 3 is 2.62 bits per heavy atom. The van der Waals surface area contributed by atoms with E-state index in [0.29, 0.717) is 6.54 Å². The molecule has 2 aromatic rings. The number of piperidine rings is 1. The number of hydrogen-bond acceptors (Lipinski definition) is 5. The first-order valence-electron chi connectivity index (χ1n) is 9.03. The van der Waals surface area contributed by atoms with Gasteiger partial charge in [-0.2, -0.15) is 0 Å². The minimum absolute atomic E-state index is 0.0710. The van der Waals surface area contributed by atoms with Gasteiger partial charge >= 0.3 is 0 Å². The number of likely N-dealkylation sites (tertiary alicyclic amines) is 1. The molecule has 0 aliphatic carbocycles. The molecule has 1 aromatic carbocycles. The molecule has 7 heteroatoms. The number of benzene rings is 1. The van der Waals surface area contributed by atoms with Crippen LogP contribution in [0.3, 0.4) is 0 Å². The minimum atomic E-state index is -2.92. The van der Waals surface area contributed by atoms with Crippen LogP contribution in [0.5, 0.6) is 5.75 Å². The van der Waals surface area contributed by atoms with Crippen LogP contribution in [0.1, 0.15) is 25.3 Å². The van der Waals surface area contributed by atoms with E-state index in [4.69, 9.17) is 4.74 Å². The predicted molar refractivity (Wildman–Crippen MR) is 103 cm³/mol. The highest BCUT2D eigenvalue weighted by Gasteiger charge is 2.24. The Bertz CT molecular complexity index is 928. The highest BCUT2D eigenvalue weighted by atomic mass is 32.2. The lowest BCUT2D eigenvalue weighted by Gasteiger charge is -2.31. The fraction of sp³-hybridized carbons (Fsp3) is 0.526. The van der Waals surface area contributed by atoms with Crippen molar-refractivity contribution >= 4 is 20.7 Å². The second-order valence-electron chi connectivity index (χ2n) is 7.00. The molecule has 142 valence electrons. The first kappa shape index (κ1) is 18.9. The molecule has 26 heavy (non-hydrogen) atoms. The standard InChI is InChI=1S/C19H26N2O4S/c1-3-26(23,24)13-14-6-8-21(9-7-14)12-16-10-15-11-17(25-2)4-5-18(15)20-19(16)22/h4-5,10-11,14H,3,6-9,12-13H2,1-2H3,(H,20,22). The summed E-state index contributed by atoms with van der Waals surface area (Å²) in [5, 5.41) is 0.947. The van der Waals surface area contributed by atoms with Crippen LogP contribution in [0.15, 0.2) is 29.1 Å². The highest BCUT2D eigenvalue weighted by molar-refractivity contribution is 7.91. The molecule has 1 saturated heterocycles. The molecule has 0 spiro atoms. The van der Waals surface area contributed by atoms with Crippen molar-refractivity contribution in [2.24, 2.45) is 5.92 Å². The van der Waals surface area contributed by atoms with E-state index in [1.165, 1.54) is 0 Å². The monoisotopic (exact) mass is 378 g/mol. The first-order chi connectivity index (χ1) is 12.4. The lowest BCUT2D eigenvalue weighted by atomic mass is 9.98. The number of H-pyrrole nitrogens is 1. The number of nitrogens with one attached hydrogen (secondary N) is 1. The summed E-state index contributed by atoms with van der Waals surface area (Å²) in [6, 6.07) is 7.51. The van der Waals surface area contributed by atoms with Gasteiger partial charge in [-0.15, -0.1) is 0 Å². The average molecular weight is 378 g/mol. The number of aromatic nitrogens is 1. The van der Waals surface area contributed by atoms with Crippen molar-refractivity contribution in [2.75, 3.05) is 31.7 Å². The lowest BCUT2D eigenvalue weighted by Crippen LogP contribution is -2.37. The summed E-state index contributed by atoms with van der Waals surface area (Å²) in [5.41, 5.74) is 1.45. The third-order valence-electron chi connectivity index (χ3n) is 5.16. The molecule has 2 heterocycles. The van der Waals surface area contributed by atoms with Gasteiger partial charge in [0.1, 0.15) is 15.6 Å². The summed E-state index contributed by atoms with van der Waals surface area (Å²) < 4.78 is 28.8. The molecule has 1 aromatic heterocycles. The first-order valence-corrected chi connectivity index (χ1v) is 10.8. The Morgan fingerprint density at radius 1 is 1.23 bits per heavy atom. The van der Waals surface area contributed by atoms with E-state index in [1.807, 2.05) is 24.3 Å². The van der Waals surface area contributed by atoms with Crippen molar-refractivity contribution in [3.63, 3.8) is 0 Å². The third-order valence-corrected chi connectivity index (χ3v) is 7.02. The van der Waals surface area contributed by atoms with Crippen LogP contribution in [0.2, 0.25) is 0 Å². The van der Waals surface area contributed by atoms with Gasteiger partial charge in [-0.1, -0.05) is 6.92 Å². The molecule has 1 aliphatic heterocycles. The van der Waals surface area contributed by atoms with E-state index in [2.05, 4.69) is 9.88 Å². The molecule has 0 amide bonds. The molecular weight excluding hydrogens is 352 g/mol. The molecule has 0 radical (unpaired) electrons. The summed E-state index contributed by atoms with van der Waals surface area (Å²) in [6.45, 7) is 3.92. The van der Waals surface area contributed by atoms with Crippen molar-refractivity contribution in [1.82, 2.24) is 9.88 Å². The minimum Gasteiger partial charge on any atom is -0.497 e. The molecular formula is C19H26N2O4S. The largest absolute Gasteiger partial charge is 0.497 e. The molecule has 1 fully saturated rings. The van der Waals surface area contributed by atoms with Crippen molar-refractivity contribution in [3.8, 4) is 5.75 Å². The van der Waals surface area contributed by atoms with Crippen molar-refractivity contribution in [1.29, 1.82) is 0 Å². The van der Waals surface area contributed by atoms with Gasteiger partial charge in [-0.05, 0) is 56.1 Å². The number of fused-ring (bicyclic) bond motifs is 1. The Hall–Kier alpha value is -1.86. The Morgan fingerprint density at radius 2 is 1.96 bits per heavy atom. The molecule has 6 nitrogen and oxygen atoms in total. The van der Waals surface area contributed by atoms with Gasteiger partial charge in [0.25, 0.3) is 5.56 Å². The fourth-order valence-electron chi connectivity index (χ4n) is 3.50. The van der Waals surface area contributed by atoms with E-state index in [1.54, 1.807) is 14.0 Å². The number of aromatic amines is 1. The summed E-state index contributed by atoms with van der Waals surface area (Å²) in [7, 11) is -1.30. The summed E-state index contributed by atoms with van der Waals surface area (Å²) >= 11 is 0. The number of methoxy groups -OCH3 is 1. The zero-order chi connectivity index (χ0) is 18.7. The number of sulfone groups is 1. The second-order valence-corrected chi connectivity index (χ2v) is 9.39. The van der Waals surface area contributed by atoms with Crippen LogP contribution in [0.25, 0.3) is 10.9 Å². The highest BCUT2D eigenvalue weighted by Crippen LogP contribution is 2.22. The molecule has 0 unspecified atom stereocenters. The zero-order valence-electron chi connectivity index (χ0n) is 15.3. The SMILES string of the molecule is CCS(=O)(=O)CC1CCN(Cc2cc3cc(OC)ccc3[nH]c2=O)CC1. The van der Waals surface area contributed by atoms with Crippen molar-refractivity contribution in [2.45, 2.75) is 26.3 Å². The number of pyridine rings is 1. The van der Waals surface area contributed by atoms with Gasteiger partial charge in [0, 0.05) is 28.8 Å². The topological polar surface area (TPSA) is 79.5 Å². The van der Waals surface area contributed by atoms with Crippen LogP contribution in [0, 0.1) is 5.92 Å². The quantitative estimate of drug-likeness (QED) is 0.833. The molecule has 3 rings (SSSR count). The maximum atomic E-state index is 12.4. The van der Waals surface area contributed by atoms with Gasteiger partial charge in [0.05, 0.1) is 12.9 Å². The lowest BCUT2D eigenvalue weighted by molar-refractivity contribution is 0.185. The Labute approximate surface area is 154 Å². The number of rotatable bonds is 6. The average Bonchev–Trinajstić information content (AvgIpc) is 2.63. The van der Waals surface area contributed by atoms with E-state index >= 15 is 0 Å². The van der Waals surface area contributed by atoms with E-state index in [-0.39, 0.29) is 23.0 Å². The van der Waals surface area contributed by atoms with Crippen LogP contribution in [-0.2, 0) is 16.4 Å². The van der Waals surface area contributed by atoms with Gasteiger partial charge < -0.3 is 9.72 Å². The van der Waals surface area contributed by atoms with Crippen LogP contribution < -0.4 is 10.3 Å². The predicted octanol–water partition coefficient (Wildman–Crippen LogP) is 2.18. The number of ether oxygens (including phenoxy) is 1. The summed E-state index contributed by atoms with van der Waals surface area (Å²) in [4.78, 5) is 17.5. The zero-order valence-corrected chi connectivity index (χ0v) is 16.1. The molecule has 1 aliphatic rings. The number of nitrogens with zero attached hydrogens (tertiary/aromatic N) is 1. The Balaban J connectivity index is 1.68. The summed E-state index contributed by atoms with van der Waals surface area (Å²) in [5.74, 6) is 1.49. The second kappa shape index (κ2) is 7.80. The van der Waals surface area contributed by atoms with Crippen LogP contribution >= 0.6 is 0 Å². The summed E-state index contributed by atoms with van der Waals surface area (Å²) in [6.07, 6.45) is 1.72. The van der Waals surface area contributed by atoms with Gasteiger partial charge in [0.15, 0.2) is 0 Å². The third kappa shape index (κ3) is 4.45. The van der Waals surface area contributed by atoms with Crippen molar-refractivity contribution in [3.05, 3.63) is 40.2 Å². The smallest absolute Gasteiger partial charge is 0.252 e. The van der Waals surface area contributed by atoms with Crippen molar-refractivity contribution < 1.29 is 13.2 Å². The Kier molecular flexibility index (Phi) is 5.67. The van der Waals surface area contributed by atoms with Crippen LogP contribution in [0.4, 0.5) is 0 Å². The molecule has 0 atom stereocenters. The van der Waals surface area contributed by atoms with Gasteiger partial charge in [0.2, 0.25) is 0 Å². The molecule has 1 N–H and O–H groups in total. The van der Waals surface area contributed by atoms with E-state index < -0.39 is 9.84 Å². The van der Waals surface area contributed by atoms with Gasteiger partial charge in [-0.25, -0.2) is 8.42 Å². The number of hydrogen-bond donors (Lipinski definition) is 1. The van der Waals surface area contributed by atoms with E-state index in [0.717, 1.165) is 48.1 Å². The van der Waals surface area contributed by atoms with Crippen LogP contribution in [-0.4, -0.2) is 50.0 Å². The molecule has 0 bridgehead atoms. The fourth-order valence-corrected chi connectivity index (χ4v) is 4.79. The molecule has 0 saturated carbocycles. The maximum Gasteiger partial charge on any atom is 0.252 e. The maximum absolute atomic E-state index is 12.4. The van der Waals surface area contributed by atoms with E-state index in [9.17, 15) is 13.2 Å².